The Morgan fingerprint density at radius 1 is 1.46 bits per heavy atom. The van der Waals surface area contributed by atoms with Gasteiger partial charge in [-0.1, -0.05) is 17.2 Å². The lowest BCUT2D eigenvalue weighted by Crippen LogP contribution is -1.94. The van der Waals surface area contributed by atoms with Crippen molar-refractivity contribution in [3.05, 3.63) is 45.6 Å². The van der Waals surface area contributed by atoms with Gasteiger partial charge in [-0.15, -0.1) is 0 Å². The molecular formula is C8H7F2N3. The van der Waals surface area contributed by atoms with E-state index in [1.165, 1.54) is 18.2 Å². The molecule has 0 saturated carbocycles. The fourth-order valence-corrected chi connectivity index (χ4v) is 1.01. The molecule has 3 nitrogen and oxygen atoms in total. The number of azide groups is 1. The number of alkyl halides is 1. The summed E-state index contributed by atoms with van der Waals surface area (Å²) in [5, 5.41) is 3.19. The first-order valence-corrected chi connectivity index (χ1v) is 3.62. The number of halogens is 2. The zero-order valence-electron chi connectivity index (χ0n) is 6.74. The number of hydrogen-bond acceptors (Lipinski definition) is 1. The quantitative estimate of drug-likeness (QED) is 0.392. The third kappa shape index (κ3) is 2.16. The summed E-state index contributed by atoms with van der Waals surface area (Å²) in [5.41, 5.74) is 8.38. The predicted octanol–water partition coefficient (Wildman–Crippen LogP) is 3.11. The lowest BCUT2D eigenvalue weighted by Gasteiger charge is -2.03. The van der Waals surface area contributed by atoms with Crippen LogP contribution in [-0.4, -0.2) is 0 Å². The highest BCUT2D eigenvalue weighted by Gasteiger charge is 2.06. The van der Waals surface area contributed by atoms with Crippen molar-refractivity contribution in [2.24, 2.45) is 5.11 Å². The van der Waals surface area contributed by atoms with E-state index in [0.717, 1.165) is 0 Å². The van der Waals surface area contributed by atoms with Crippen LogP contribution in [0.4, 0.5) is 8.78 Å². The Morgan fingerprint density at radius 3 is 2.85 bits per heavy atom. The second-order valence-electron chi connectivity index (χ2n) is 2.40. The van der Waals surface area contributed by atoms with Crippen LogP contribution in [0.5, 0.6) is 0 Å². The summed E-state index contributed by atoms with van der Waals surface area (Å²) in [7, 11) is 0. The van der Waals surface area contributed by atoms with Crippen LogP contribution in [0.3, 0.4) is 0 Å². The molecule has 68 valence electrons. The number of benzene rings is 1. The van der Waals surface area contributed by atoms with Gasteiger partial charge in [0.25, 0.3) is 0 Å². The molecule has 0 N–H and O–H groups in total. The zero-order chi connectivity index (χ0) is 9.68. The van der Waals surface area contributed by atoms with Crippen LogP contribution in [0.1, 0.15) is 11.1 Å². The normalized spacial score (nSPS) is 9.38. The Hall–Kier alpha value is -1.61. The first kappa shape index (κ1) is 9.48. The van der Waals surface area contributed by atoms with E-state index >= 15 is 0 Å². The van der Waals surface area contributed by atoms with E-state index < -0.39 is 12.5 Å². The zero-order valence-corrected chi connectivity index (χ0v) is 6.74. The van der Waals surface area contributed by atoms with Crippen LogP contribution < -0.4 is 0 Å². The van der Waals surface area contributed by atoms with E-state index in [9.17, 15) is 8.78 Å². The summed E-state index contributed by atoms with van der Waals surface area (Å²) in [6.45, 7) is -0.906. The Bertz CT molecular complexity index is 345. The minimum absolute atomic E-state index is 0.128. The van der Waals surface area contributed by atoms with Gasteiger partial charge in [-0.3, -0.25) is 0 Å². The topological polar surface area (TPSA) is 48.8 Å². The predicted molar refractivity (Wildman–Crippen MR) is 44.1 cm³/mol. The molecular weight excluding hydrogens is 176 g/mol. The van der Waals surface area contributed by atoms with Gasteiger partial charge in [0.2, 0.25) is 0 Å². The Balaban J connectivity index is 3.06. The highest BCUT2D eigenvalue weighted by molar-refractivity contribution is 5.28. The van der Waals surface area contributed by atoms with Crippen molar-refractivity contribution in [1.29, 1.82) is 0 Å². The Kier molecular flexibility index (Phi) is 3.23. The summed E-state index contributed by atoms with van der Waals surface area (Å²) < 4.78 is 25.3. The average molecular weight is 183 g/mol. The first-order chi connectivity index (χ1) is 6.29. The fraction of sp³-hybridized carbons (Fsp3) is 0.250. The van der Waals surface area contributed by atoms with Crippen LogP contribution in [-0.2, 0) is 13.2 Å². The van der Waals surface area contributed by atoms with Gasteiger partial charge >= 0.3 is 0 Å². The van der Waals surface area contributed by atoms with Gasteiger partial charge in [0, 0.05) is 4.91 Å². The van der Waals surface area contributed by atoms with E-state index in [0.29, 0.717) is 0 Å². The largest absolute Gasteiger partial charge is 0.246 e. The van der Waals surface area contributed by atoms with Gasteiger partial charge in [0.1, 0.15) is 12.5 Å². The van der Waals surface area contributed by atoms with Gasteiger partial charge < -0.3 is 0 Å². The third-order valence-electron chi connectivity index (χ3n) is 1.65. The van der Waals surface area contributed by atoms with Crippen molar-refractivity contribution in [3.8, 4) is 0 Å². The smallest absolute Gasteiger partial charge is 0.126 e. The monoisotopic (exact) mass is 183 g/mol. The molecule has 0 aliphatic heterocycles. The van der Waals surface area contributed by atoms with Crippen LogP contribution >= 0.6 is 0 Å². The van der Waals surface area contributed by atoms with Gasteiger partial charge in [-0.2, -0.15) is 0 Å². The van der Waals surface area contributed by atoms with E-state index in [-0.39, 0.29) is 17.7 Å². The summed E-state index contributed by atoms with van der Waals surface area (Å²) in [6, 6.07) is 4.09. The van der Waals surface area contributed by atoms with E-state index in [2.05, 4.69) is 10.0 Å². The molecule has 0 amide bonds. The standard InChI is InChI=1S/C8H7F2N3/c9-4-6-2-1-3-8(10)7(6)5-12-13-11/h1-3H,4-5H2. The maximum absolute atomic E-state index is 13.0. The Morgan fingerprint density at radius 2 is 2.23 bits per heavy atom. The lowest BCUT2D eigenvalue weighted by molar-refractivity contribution is 0.477. The molecule has 1 rings (SSSR count). The molecule has 0 spiro atoms. The second kappa shape index (κ2) is 4.42. The van der Waals surface area contributed by atoms with Crippen molar-refractivity contribution in [2.75, 3.05) is 0 Å². The molecule has 0 aromatic heterocycles. The lowest BCUT2D eigenvalue weighted by atomic mass is 10.1. The maximum atomic E-state index is 13.0. The molecule has 0 heterocycles. The fourth-order valence-electron chi connectivity index (χ4n) is 1.01. The van der Waals surface area contributed by atoms with Crippen LogP contribution in [0.2, 0.25) is 0 Å². The molecule has 5 heteroatoms. The molecule has 13 heavy (non-hydrogen) atoms. The van der Waals surface area contributed by atoms with Crippen LogP contribution in [0.25, 0.3) is 10.4 Å². The van der Waals surface area contributed by atoms with Crippen molar-refractivity contribution in [2.45, 2.75) is 13.2 Å². The van der Waals surface area contributed by atoms with Crippen LogP contribution in [0, 0.1) is 5.82 Å². The minimum Gasteiger partial charge on any atom is -0.246 e. The molecule has 0 atom stereocenters. The van der Waals surface area contributed by atoms with E-state index in [4.69, 9.17) is 5.53 Å². The molecule has 0 unspecified atom stereocenters. The SMILES string of the molecule is [N-]=[N+]=NCc1c(F)cccc1CF. The highest BCUT2D eigenvalue weighted by Crippen LogP contribution is 2.15. The van der Waals surface area contributed by atoms with Crippen molar-refractivity contribution >= 4 is 0 Å². The van der Waals surface area contributed by atoms with E-state index in [1.54, 1.807) is 0 Å². The third-order valence-corrected chi connectivity index (χ3v) is 1.65. The molecule has 1 aromatic rings. The molecule has 0 aliphatic rings. The molecule has 0 saturated heterocycles. The van der Waals surface area contributed by atoms with Crippen molar-refractivity contribution in [1.82, 2.24) is 0 Å². The molecule has 0 aliphatic carbocycles. The minimum atomic E-state index is -0.756. The summed E-state index contributed by atoms with van der Waals surface area (Å²) in [4.78, 5) is 2.48. The van der Waals surface area contributed by atoms with Gasteiger partial charge in [-0.25, -0.2) is 8.78 Å². The maximum Gasteiger partial charge on any atom is 0.126 e. The average Bonchev–Trinajstić information content (AvgIpc) is 2.15. The second-order valence-corrected chi connectivity index (χ2v) is 2.40. The van der Waals surface area contributed by atoms with Gasteiger partial charge in [0.15, 0.2) is 0 Å². The molecule has 1 aromatic carbocycles. The van der Waals surface area contributed by atoms with Crippen LogP contribution in [0.15, 0.2) is 23.3 Å². The molecule has 0 radical (unpaired) electrons. The molecule has 0 bridgehead atoms. The first-order valence-electron chi connectivity index (χ1n) is 3.62. The summed E-state index contributed by atoms with van der Waals surface area (Å²) in [5.74, 6) is -0.539. The van der Waals surface area contributed by atoms with Crippen molar-refractivity contribution < 1.29 is 8.78 Å². The number of nitrogens with zero attached hydrogens (tertiary/aromatic N) is 3. The molecule has 0 fully saturated rings. The van der Waals surface area contributed by atoms with Crippen molar-refractivity contribution in [3.63, 3.8) is 0 Å². The summed E-state index contributed by atoms with van der Waals surface area (Å²) in [6.07, 6.45) is 0. The number of rotatable bonds is 3. The number of hydrogen-bond donors (Lipinski definition) is 0. The van der Waals surface area contributed by atoms with Gasteiger partial charge in [0.05, 0.1) is 6.54 Å². The van der Waals surface area contributed by atoms with Gasteiger partial charge in [-0.05, 0) is 22.7 Å². The summed E-state index contributed by atoms with van der Waals surface area (Å²) >= 11 is 0. The van der Waals surface area contributed by atoms with E-state index in [1.807, 2.05) is 0 Å². The highest BCUT2D eigenvalue weighted by atomic mass is 19.1. The Labute approximate surface area is 73.6 Å².